The fraction of sp³-hybridized carbons (Fsp3) is 1.00. The standard InChI is InChI=1S/C18H35N/c1-13(2)15-5-9-17(10-6-15)19-18-11-7-16(8-12-18)14(3)4/h13-19H,5-12H2,1-4H3. The average Bonchev–Trinajstić information content (AvgIpc) is 2.40. The average molecular weight is 265 g/mol. The molecule has 0 unspecified atom stereocenters. The van der Waals surface area contributed by atoms with E-state index in [1.54, 1.807) is 0 Å². The first kappa shape index (κ1) is 15.4. The molecule has 2 aliphatic rings. The van der Waals surface area contributed by atoms with Gasteiger partial charge >= 0.3 is 0 Å². The molecule has 0 radical (unpaired) electrons. The number of hydrogen-bond donors (Lipinski definition) is 1. The number of nitrogens with one attached hydrogen (secondary N) is 1. The second kappa shape index (κ2) is 7.11. The smallest absolute Gasteiger partial charge is 0.00698 e. The Bertz CT molecular complexity index is 216. The minimum atomic E-state index is 0.829. The Hall–Kier alpha value is -0.0400. The summed E-state index contributed by atoms with van der Waals surface area (Å²) in [7, 11) is 0. The van der Waals surface area contributed by atoms with E-state index < -0.39 is 0 Å². The first-order valence-electron chi connectivity index (χ1n) is 8.82. The Kier molecular flexibility index (Phi) is 5.74. The largest absolute Gasteiger partial charge is 0.311 e. The summed E-state index contributed by atoms with van der Waals surface area (Å²) in [5.41, 5.74) is 0. The summed E-state index contributed by atoms with van der Waals surface area (Å²) >= 11 is 0. The van der Waals surface area contributed by atoms with Crippen molar-refractivity contribution in [2.24, 2.45) is 23.7 Å². The van der Waals surface area contributed by atoms with Crippen LogP contribution in [0.3, 0.4) is 0 Å². The summed E-state index contributed by atoms with van der Waals surface area (Å²) in [5.74, 6) is 3.77. The van der Waals surface area contributed by atoms with E-state index in [-0.39, 0.29) is 0 Å². The maximum Gasteiger partial charge on any atom is 0.00698 e. The zero-order valence-corrected chi connectivity index (χ0v) is 13.6. The molecule has 2 aliphatic carbocycles. The van der Waals surface area contributed by atoms with Crippen LogP contribution >= 0.6 is 0 Å². The van der Waals surface area contributed by atoms with Crippen molar-refractivity contribution in [1.29, 1.82) is 0 Å². The summed E-state index contributed by atoms with van der Waals surface area (Å²) in [6.45, 7) is 9.58. The molecule has 0 saturated heterocycles. The molecular weight excluding hydrogens is 230 g/mol. The van der Waals surface area contributed by atoms with E-state index in [4.69, 9.17) is 0 Å². The van der Waals surface area contributed by atoms with Crippen LogP contribution in [-0.4, -0.2) is 12.1 Å². The van der Waals surface area contributed by atoms with Gasteiger partial charge in [-0.05, 0) is 75.0 Å². The fourth-order valence-corrected chi connectivity index (χ4v) is 4.24. The highest BCUT2D eigenvalue weighted by Crippen LogP contribution is 2.33. The zero-order chi connectivity index (χ0) is 13.8. The summed E-state index contributed by atoms with van der Waals surface area (Å²) in [6, 6.07) is 1.66. The molecule has 0 heterocycles. The third-order valence-corrected chi connectivity index (χ3v) is 5.90. The van der Waals surface area contributed by atoms with E-state index >= 15 is 0 Å². The molecule has 2 rings (SSSR count). The Balaban J connectivity index is 1.67. The van der Waals surface area contributed by atoms with Crippen LogP contribution in [0.15, 0.2) is 0 Å². The molecule has 0 bridgehead atoms. The van der Waals surface area contributed by atoms with Crippen LogP contribution in [-0.2, 0) is 0 Å². The Morgan fingerprint density at radius 3 is 1.16 bits per heavy atom. The molecule has 1 nitrogen and oxygen atoms in total. The van der Waals surface area contributed by atoms with Crippen molar-refractivity contribution in [3.05, 3.63) is 0 Å². The molecule has 0 aromatic carbocycles. The fourth-order valence-electron chi connectivity index (χ4n) is 4.24. The number of hydrogen-bond acceptors (Lipinski definition) is 1. The van der Waals surface area contributed by atoms with Gasteiger partial charge in [-0.25, -0.2) is 0 Å². The van der Waals surface area contributed by atoms with E-state index in [1.807, 2.05) is 0 Å². The summed E-state index contributed by atoms with van der Waals surface area (Å²) in [4.78, 5) is 0. The van der Waals surface area contributed by atoms with Gasteiger partial charge in [-0.1, -0.05) is 27.7 Å². The maximum atomic E-state index is 3.98. The van der Waals surface area contributed by atoms with Crippen LogP contribution in [0.1, 0.15) is 79.1 Å². The Labute approximate surface area is 120 Å². The summed E-state index contributed by atoms with van der Waals surface area (Å²) in [5, 5.41) is 3.98. The highest BCUT2D eigenvalue weighted by Gasteiger charge is 2.27. The predicted octanol–water partition coefficient (Wildman–Crippen LogP) is 5.01. The van der Waals surface area contributed by atoms with Gasteiger partial charge < -0.3 is 5.32 Å². The molecule has 0 aromatic heterocycles. The van der Waals surface area contributed by atoms with Gasteiger partial charge in [-0.2, -0.15) is 0 Å². The molecule has 0 aromatic rings. The third kappa shape index (κ3) is 4.48. The van der Waals surface area contributed by atoms with Gasteiger partial charge in [-0.3, -0.25) is 0 Å². The van der Waals surface area contributed by atoms with Gasteiger partial charge in [0.15, 0.2) is 0 Å². The molecule has 0 aliphatic heterocycles. The molecule has 1 heteroatoms. The van der Waals surface area contributed by atoms with Crippen LogP contribution in [0.25, 0.3) is 0 Å². The van der Waals surface area contributed by atoms with Crippen molar-refractivity contribution < 1.29 is 0 Å². The van der Waals surface area contributed by atoms with Crippen LogP contribution in [0.5, 0.6) is 0 Å². The first-order chi connectivity index (χ1) is 9.06. The van der Waals surface area contributed by atoms with E-state index in [0.717, 1.165) is 35.8 Å². The van der Waals surface area contributed by atoms with E-state index in [9.17, 15) is 0 Å². The Morgan fingerprint density at radius 1 is 0.579 bits per heavy atom. The summed E-state index contributed by atoms with van der Waals surface area (Å²) < 4.78 is 0. The van der Waals surface area contributed by atoms with Crippen LogP contribution in [0, 0.1) is 23.7 Å². The normalized spacial score (nSPS) is 36.9. The molecule has 2 fully saturated rings. The lowest BCUT2D eigenvalue weighted by Gasteiger charge is -2.37. The lowest BCUT2D eigenvalue weighted by Crippen LogP contribution is -2.43. The first-order valence-corrected chi connectivity index (χ1v) is 8.82. The minimum Gasteiger partial charge on any atom is -0.311 e. The molecule has 112 valence electrons. The van der Waals surface area contributed by atoms with Crippen LogP contribution in [0.2, 0.25) is 0 Å². The molecular formula is C18H35N. The van der Waals surface area contributed by atoms with Gasteiger partial charge in [0.05, 0.1) is 0 Å². The summed E-state index contributed by atoms with van der Waals surface area (Å²) in [6.07, 6.45) is 11.5. The Morgan fingerprint density at radius 2 is 0.895 bits per heavy atom. The van der Waals surface area contributed by atoms with E-state index in [2.05, 4.69) is 33.0 Å². The van der Waals surface area contributed by atoms with Crippen LogP contribution < -0.4 is 5.32 Å². The maximum absolute atomic E-state index is 3.98. The van der Waals surface area contributed by atoms with Crippen molar-refractivity contribution in [2.75, 3.05) is 0 Å². The van der Waals surface area contributed by atoms with Gasteiger partial charge in [0.25, 0.3) is 0 Å². The zero-order valence-electron chi connectivity index (χ0n) is 13.6. The van der Waals surface area contributed by atoms with E-state index in [1.165, 1.54) is 51.4 Å². The molecule has 2 saturated carbocycles. The van der Waals surface area contributed by atoms with Crippen molar-refractivity contribution in [3.63, 3.8) is 0 Å². The van der Waals surface area contributed by atoms with Crippen molar-refractivity contribution in [2.45, 2.75) is 91.1 Å². The lowest BCUT2D eigenvalue weighted by molar-refractivity contribution is 0.192. The van der Waals surface area contributed by atoms with Crippen molar-refractivity contribution in [3.8, 4) is 0 Å². The highest BCUT2D eigenvalue weighted by atomic mass is 15.0. The predicted molar refractivity (Wildman–Crippen MR) is 84.3 cm³/mol. The molecule has 19 heavy (non-hydrogen) atoms. The third-order valence-electron chi connectivity index (χ3n) is 5.90. The van der Waals surface area contributed by atoms with Crippen LogP contribution in [0.4, 0.5) is 0 Å². The van der Waals surface area contributed by atoms with Gasteiger partial charge in [-0.15, -0.1) is 0 Å². The van der Waals surface area contributed by atoms with Gasteiger partial charge in [0.1, 0.15) is 0 Å². The number of rotatable bonds is 4. The minimum absolute atomic E-state index is 0.829. The van der Waals surface area contributed by atoms with Crippen molar-refractivity contribution in [1.82, 2.24) is 5.32 Å². The second-order valence-corrected chi connectivity index (χ2v) is 7.88. The molecule has 0 atom stereocenters. The highest BCUT2D eigenvalue weighted by molar-refractivity contribution is 4.84. The lowest BCUT2D eigenvalue weighted by atomic mass is 9.77. The monoisotopic (exact) mass is 265 g/mol. The SMILES string of the molecule is CC(C)C1CCC(NC2CCC(C(C)C)CC2)CC1. The van der Waals surface area contributed by atoms with Crippen molar-refractivity contribution >= 4 is 0 Å². The molecule has 0 spiro atoms. The van der Waals surface area contributed by atoms with Gasteiger partial charge in [0, 0.05) is 12.1 Å². The van der Waals surface area contributed by atoms with Gasteiger partial charge in [0.2, 0.25) is 0 Å². The molecule has 0 amide bonds. The topological polar surface area (TPSA) is 12.0 Å². The quantitative estimate of drug-likeness (QED) is 0.754. The second-order valence-electron chi connectivity index (χ2n) is 7.88. The van der Waals surface area contributed by atoms with E-state index in [0.29, 0.717) is 0 Å². The molecule has 1 N–H and O–H groups in total.